The van der Waals surface area contributed by atoms with Crippen LogP contribution in [0.1, 0.15) is 12.5 Å². The van der Waals surface area contributed by atoms with Gasteiger partial charge in [-0.1, -0.05) is 30.3 Å². The molecule has 82 valence electrons. The zero-order valence-electron chi connectivity index (χ0n) is 9.01. The summed E-state index contributed by atoms with van der Waals surface area (Å²) in [4.78, 5) is 11.2. The molecule has 0 amide bonds. The molecule has 0 saturated carbocycles. The van der Waals surface area contributed by atoms with Crippen LogP contribution in [0.4, 0.5) is 0 Å². The van der Waals surface area contributed by atoms with Gasteiger partial charge in [-0.05, 0) is 18.9 Å². The van der Waals surface area contributed by atoms with Crippen LogP contribution in [0.3, 0.4) is 0 Å². The fourth-order valence-electron chi connectivity index (χ4n) is 1.38. The molecular weight excluding hydrogens is 192 g/mol. The molecule has 1 aromatic carbocycles. The zero-order valence-corrected chi connectivity index (χ0v) is 9.01. The van der Waals surface area contributed by atoms with Gasteiger partial charge in [0.1, 0.15) is 0 Å². The molecule has 3 nitrogen and oxygen atoms in total. The van der Waals surface area contributed by atoms with Crippen molar-refractivity contribution in [2.24, 2.45) is 5.92 Å². The van der Waals surface area contributed by atoms with Crippen LogP contribution >= 0.6 is 0 Å². The Morgan fingerprint density at radius 2 is 2.00 bits per heavy atom. The van der Waals surface area contributed by atoms with Gasteiger partial charge in [0.15, 0.2) is 0 Å². The van der Waals surface area contributed by atoms with E-state index in [1.807, 2.05) is 30.3 Å². The molecule has 0 bridgehead atoms. The van der Waals surface area contributed by atoms with Crippen LogP contribution in [0.25, 0.3) is 0 Å². The summed E-state index contributed by atoms with van der Waals surface area (Å²) in [6.45, 7) is 1.67. The zero-order chi connectivity index (χ0) is 11.3. The smallest absolute Gasteiger partial charge is 0.311 e. The van der Waals surface area contributed by atoms with Crippen molar-refractivity contribution in [3.63, 3.8) is 0 Å². The Kier molecular flexibility index (Phi) is 4.31. The van der Waals surface area contributed by atoms with E-state index in [-0.39, 0.29) is 5.97 Å². The van der Waals surface area contributed by atoms with E-state index in [0.29, 0.717) is 6.42 Å². The highest BCUT2D eigenvalue weighted by Crippen LogP contribution is 2.11. The van der Waals surface area contributed by atoms with Crippen molar-refractivity contribution in [2.45, 2.75) is 19.4 Å². The first-order valence-corrected chi connectivity index (χ1v) is 4.95. The monoisotopic (exact) mass is 208 g/mol. The molecule has 1 aromatic rings. The van der Waals surface area contributed by atoms with Crippen LogP contribution in [0, 0.1) is 5.92 Å². The molecule has 0 heterocycles. The van der Waals surface area contributed by atoms with E-state index in [4.69, 9.17) is 0 Å². The molecule has 0 fully saturated rings. The summed E-state index contributed by atoms with van der Waals surface area (Å²) in [7, 11) is 1.33. The van der Waals surface area contributed by atoms with Gasteiger partial charge in [0.05, 0.1) is 19.1 Å². The Hall–Kier alpha value is -1.35. The summed E-state index contributed by atoms with van der Waals surface area (Å²) in [5.41, 5.74) is 1.01. The van der Waals surface area contributed by atoms with E-state index in [2.05, 4.69) is 4.74 Å². The summed E-state index contributed by atoms with van der Waals surface area (Å²) in [6, 6.07) is 9.58. The number of aliphatic hydroxyl groups excluding tert-OH is 1. The first kappa shape index (κ1) is 11.7. The number of methoxy groups -OCH3 is 1. The second kappa shape index (κ2) is 5.51. The highest BCUT2D eigenvalue weighted by Gasteiger charge is 2.22. The van der Waals surface area contributed by atoms with Crippen molar-refractivity contribution >= 4 is 5.97 Å². The molecular formula is C12H16O3. The average Bonchev–Trinajstić information content (AvgIpc) is 2.28. The van der Waals surface area contributed by atoms with E-state index in [0.717, 1.165) is 5.56 Å². The number of carbonyl (C=O) groups is 1. The number of ether oxygens (including phenoxy) is 1. The van der Waals surface area contributed by atoms with Crippen LogP contribution in [0.5, 0.6) is 0 Å². The number of rotatable bonds is 4. The summed E-state index contributed by atoms with van der Waals surface area (Å²) in [5.74, 6) is -0.867. The van der Waals surface area contributed by atoms with Gasteiger partial charge in [0.2, 0.25) is 0 Å². The lowest BCUT2D eigenvalue weighted by Crippen LogP contribution is -2.28. The maximum Gasteiger partial charge on any atom is 0.311 e. The third-order valence-corrected chi connectivity index (χ3v) is 2.44. The first-order valence-electron chi connectivity index (χ1n) is 4.95. The Bertz CT molecular complexity index is 308. The predicted octanol–water partition coefficient (Wildman–Crippen LogP) is 1.40. The van der Waals surface area contributed by atoms with Gasteiger partial charge < -0.3 is 9.84 Å². The number of hydrogen-bond acceptors (Lipinski definition) is 3. The summed E-state index contributed by atoms with van der Waals surface area (Å²) >= 11 is 0. The lowest BCUT2D eigenvalue weighted by molar-refractivity contribution is -0.148. The van der Waals surface area contributed by atoms with Gasteiger partial charge in [-0.2, -0.15) is 0 Å². The lowest BCUT2D eigenvalue weighted by atomic mass is 9.98. The number of carbonyl (C=O) groups excluding carboxylic acids is 1. The van der Waals surface area contributed by atoms with Crippen molar-refractivity contribution in [3.8, 4) is 0 Å². The maximum absolute atomic E-state index is 11.2. The molecule has 3 heteroatoms. The van der Waals surface area contributed by atoms with Gasteiger partial charge in [0, 0.05) is 0 Å². The fourth-order valence-corrected chi connectivity index (χ4v) is 1.38. The Morgan fingerprint density at radius 3 is 2.53 bits per heavy atom. The number of benzene rings is 1. The number of hydrogen-bond donors (Lipinski definition) is 1. The van der Waals surface area contributed by atoms with Crippen molar-refractivity contribution in [1.29, 1.82) is 0 Å². The van der Waals surface area contributed by atoms with Gasteiger partial charge in [-0.25, -0.2) is 0 Å². The van der Waals surface area contributed by atoms with Crippen LogP contribution in [-0.2, 0) is 16.0 Å². The van der Waals surface area contributed by atoms with E-state index in [9.17, 15) is 9.90 Å². The summed E-state index contributed by atoms with van der Waals surface area (Å²) in [5, 5.41) is 9.77. The minimum atomic E-state index is -0.695. The van der Waals surface area contributed by atoms with Gasteiger partial charge in [-0.15, -0.1) is 0 Å². The normalized spacial score (nSPS) is 14.3. The van der Waals surface area contributed by atoms with E-state index in [1.165, 1.54) is 7.11 Å². The SMILES string of the molecule is COC(=O)[C@H](C)[C@H](O)Cc1ccccc1. The van der Waals surface area contributed by atoms with E-state index in [1.54, 1.807) is 6.92 Å². The highest BCUT2D eigenvalue weighted by molar-refractivity contribution is 5.72. The molecule has 0 unspecified atom stereocenters. The quantitative estimate of drug-likeness (QED) is 0.761. The number of esters is 1. The molecule has 0 saturated heterocycles. The topological polar surface area (TPSA) is 46.5 Å². The molecule has 1 rings (SSSR count). The summed E-state index contributed by atoms with van der Waals surface area (Å²) < 4.78 is 4.57. The lowest BCUT2D eigenvalue weighted by Gasteiger charge is -2.16. The van der Waals surface area contributed by atoms with Gasteiger partial charge >= 0.3 is 5.97 Å². The second-order valence-corrected chi connectivity index (χ2v) is 3.57. The van der Waals surface area contributed by atoms with Crippen LogP contribution in [-0.4, -0.2) is 24.3 Å². The van der Waals surface area contributed by atoms with Crippen molar-refractivity contribution in [1.82, 2.24) is 0 Å². The molecule has 2 atom stereocenters. The third kappa shape index (κ3) is 3.36. The summed E-state index contributed by atoms with van der Waals surface area (Å²) in [6.07, 6.45) is -0.225. The maximum atomic E-state index is 11.2. The largest absolute Gasteiger partial charge is 0.469 e. The third-order valence-electron chi connectivity index (χ3n) is 2.44. The van der Waals surface area contributed by atoms with Gasteiger partial charge in [0.25, 0.3) is 0 Å². The molecule has 0 spiro atoms. The molecule has 0 aliphatic carbocycles. The van der Waals surface area contributed by atoms with E-state index >= 15 is 0 Å². The van der Waals surface area contributed by atoms with Crippen LogP contribution < -0.4 is 0 Å². The Labute approximate surface area is 89.7 Å². The Balaban J connectivity index is 2.56. The number of aliphatic hydroxyl groups is 1. The molecule has 0 aliphatic heterocycles. The van der Waals surface area contributed by atoms with Crippen LogP contribution in [0.2, 0.25) is 0 Å². The molecule has 0 aromatic heterocycles. The Morgan fingerprint density at radius 1 is 1.40 bits per heavy atom. The van der Waals surface area contributed by atoms with Gasteiger partial charge in [-0.3, -0.25) is 4.79 Å². The van der Waals surface area contributed by atoms with Crippen molar-refractivity contribution in [3.05, 3.63) is 35.9 Å². The van der Waals surface area contributed by atoms with Crippen LogP contribution in [0.15, 0.2) is 30.3 Å². The van der Waals surface area contributed by atoms with E-state index < -0.39 is 12.0 Å². The van der Waals surface area contributed by atoms with Crippen molar-refractivity contribution in [2.75, 3.05) is 7.11 Å². The first-order chi connectivity index (χ1) is 7.15. The molecule has 0 radical (unpaired) electrons. The minimum absolute atomic E-state index is 0.376. The van der Waals surface area contributed by atoms with Crippen molar-refractivity contribution < 1.29 is 14.6 Å². The minimum Gasteiger partial charge on any atom is -0.469 e. The molecule has 1 N–H and O–H groups in total. The molecule has 15 heavy (non-hydrogen) atoms. The predicted molar refractivity (Wildman–Crippen MR) is 57.3 cm³/mol. The highest BCUT2D eigenvalue weighted by atomic mass is 16.5. The fraction of sp³-hybridized carbons (Fsp3) is 0.417. The standard InChI is InChI=1S/C12H16O3/c1-9(12(14)15-2)11(13)8-10-6-4-3-5-7-10/h3-7,9,11,13H,8H2,1-2H3/t9-,11-/m1/s1. The average molecular weight is 208 g/mol. The molecule has 0 aliphatic rings. The second-order valence-electron chi connectivity index (χ2n) is 3.57.